The van der Waals surface area contributed by atoms with Gasteiger partial charge in [-0.25, -0.2) is 0 Å². The summed E-state index contributed by atoms with van der Waals surface area (Å²) in [7, 11) is 3.34. The molecule has 2 aromatic rings. The molecule has 2 amide bonds. The Morgan fingerprint density at radius 1 is 1.07 bits per heavy atom. The maximum atomic E-state index is 12.5. The lowest BCUT2D eigenvalue weighted by atomic mass is 10.1. The molecule has 6 nitrogen and oxygen atoms in total. The maximum absolute atomic E-state index is 12.5. The molecule has 0 radical (unpaired) electrons. The summed E-state index contributed by atoms with van der Waals surface area (Å²) < 4.78 is 5.10. The highest BCUT2D eigenvalue weighted by Crippen LogP contribution is 2.17. The number of aryl methyl sites for hydroxylation is 2. The van der Waals surface area contributed by atoms with Gasteiger partial charge in [0.15, 0.2) is 0 Å². The fraction of sp³-hybridized carbons (Fsp3) is 0.333. The highest BCUT2D eigenvalue weighted by Gasteiger charge is 2.20. The van der Waals surface area contributed by atoms with Crippen LogP contribution in [0, 0.1) is 13.8 Å². The first kappa shape index (κ1) is 20.5. The topological polar surface area (TPSA) is 70.7 Å². The molecule has 2 rings (SSSR count). The minimum absolute atomic E-state index is 0.105. The standard InChI is InChI=1S/C21H27N3O3/c1-14-6-7-15(2)19(12-14)23-21(26)16(3)24(4)13-20(25)22-17-8-10-18(27-5)11-9-17/h6-12,16H,13H2,1-5H3,(H,22,25)(H,23,26). The Labute approximate surface area is 160 Å². The van der Waals surface area contributed by atoms with E-state index < -0.39 is 6.04 Å². The molecule has 6 heteroatoms. The Morgan fingerprint density at radius 3 is 2.37 bits per heavy atom. The van der Waals surface area contributed by atoms with Gasteiger partial charge in [0.1, 0.15) is 5.75 Å². The lowest BCUT2D eigenvalue weighted by molar-refractivity contribution is -0.122. The number of anilines is 2. The highest BCUT2D eigenvalue weighted by atomic mass is 16.5. The van der Waals surface area contributed by atoms with Crippen molar-refractivity contribution in [3.8, 4) is 5.75 Å². The summed E-state index contributed by atoms with van der Waals surface area (Å²) >= 11 is 0. The second-order valence-corrected chi connectivity index (χ2v) is 6.68. The van der Waals surface area contributed by atoms with Crippen molar-refractivity contribution in [2.24, 2.45) is 0 Å². The molecular weight excluding hydrogens is 342 g/mol. The van der Waals surface area contributed by atoms with Crippen LogP contribution in [-0.4, -0.2) is 43.5 Å². The van der Waals surface area contributed by atoms with Crippen molar-refractivity contribution in [3.05, 3.63) is 53.6 Å². The monoisotopic (exact) mass is 369 g/mol. The normalized spacial score (nSPS) is 11.8. The van der Waals surface area contributed by atoms with Gasteiger partial charge in [0.05, 0.1) is 19.7 Å². The highest BCUT2D eigenvalue weighted by molar-refractivity contribution is 5.96. The molecule has 0 heterocycles. The number of methoxy groups -OCH3 is 1. The van der Waals surface area contributed by atoms with Crippen LogP contribution < -0.4 is 15.4 Å². The first-order chi connectivity index (χ1) is 12.8. The van der Waals surface area contributed by atoms with E-state index in [4.69, 9.17) is 4.74 Å². The molecule has 0 aliphatic rings. The molecule has 144 valence electrons. The summed E-state index contributed by atoms with van der Waals surface area (Å²) in [6, 6.07) is 12.6. The molecule has 2 N–H and O–H groups in total. The van der Waals surface area contributed by atoms with E-state index in [1.54, 1.807) is 50.2 Å². The van der Waals surface area contributed by atoms with Crippen molar-refractivity contribution in [3.63, 3.8) is 0 Å². The van der Waals surface area contributed by atoms with Crippen LogP contribution in [-0.2, 0) is 9.59 Å². The Kier molecular flexibility index (Phi) is 6.96. The van der Waals surface area contributed by atoms with Crippen molar-refractivity contribution in [1.82, 2.24) is 4.90 Å². The van der Waals surface area contributed by atoms with Gasteiger partial charge in [-0.3, -0.25) is 14.5 Å². The Morgan fingerprint density at radius 2 is 1.74 bits per heavy atom. The van der Waals surface area contributed by atoms with Crippen LogP contribution in [0.2, 0.25) is 0 Å². The van der Waals surface area contributed by atoms with Crippen molar-refractivity contribution >= 4 is 23.2 Å². The summed E-state index contributed by atoms with van der Waals surface area (Å²) in [6.45, 7) is 5.81. The molecule has 0 spiro atoms. The molecule has 2 aromatic carbocycles. The zero-order valence-electron chi connectivity index (χ0n) is 16.5. The van der Waals surface area contributed by atoms with E-state index in [1.807, 2.05) is 32.0 Å². The predicted octanol–water partition coefficient (Wildman–Crippen LogP) is 3.21. The average Bonchev–Trinajstić information content (AvgIpc) is 2.64. The lowest BCUT2D eigenvalue weighted by Gasteiger charge is -2.23. The average molecular weight is 369 g/mol. The van der Waals surface area contributed by atoms with Crippen LogP contribution in [0.25, 0.3) is 0 Å². The number of nitrogens with one attached hydrogen (secondary N) is 2. The number of nitrogens with zero attached hydrogens (tertiary/aromatic N) is 1. The minimum atomic E-state index is -0.452. The number of carbonyl (C=O) groups excluding carboxylic acids is 2. The number of rotatable bonds is 7. The third-order valence-electron chi connectivity index (χ3n) is 4.46. The number of amides is 2. The Balaban J connectivity index is 1.91. The SMILES string of the molecule is COc1ccc(NC(=O)CN(C)C(C)C(=O)Nc2cc(C)ccc2C)cc1. The Hall–Kier alpha value is -2.86. The quantitative estimate of drug-likeness (QED) is 0.786. The number of benzene rings is 2. The summed E-state index contributed by atoms with van der Waals surface area (Å²) in [4.78, 5) is 26.5. The fourth-order valence-corrected chi connectivity index (χ4v) is 2.55. The molecule has 1 unspecified atom stereocenters. The third kappa shape index (κ3) is 5.82. The molecule has 0 aromatic heterocycles. The molecular formula is C21H27N3O3. The van der Waals surface area contributed by atoms with Crippen LogP contribution in [0.1, 0.15) is 18.1 Å². The molecule has 0 saturated carbocycles. The van der Waals surface area contributed by atoms with Gasteiger partial charge in [0.2, 0.25) is 11.8 Å². The number of ether oxygens (including phenoxy) is 1. The zero-order chi connectivity index (χ0) is 20.0. The third-order valence-corrected chi connectivity index (χ3v) is 4.46. The second kappa shape index (κ2) is 9.19. The van der Waals surface area contributed by atoms with E-state index >= 15 is 0 Å². The van der Waals surface area contributed by atoms with E-state index in [2.05, 4.69) is 10.6 Å². The van der Waals surface area contributed by atoms with Crippen LogP contribution >= 0.6 is 0 Å². The van der Waals surface area contributed by atoms with Gasteiger partial charge in [-0.05, 0) is 69.3 Å². The maximum Gasteiger partial charge on any atom is 0.241 e. The summed E-state index contributed by atoms with van der Waals surface area (Å²) in [6.07, 6.45) is 0. The molecule has 0 bridgehead atoms. The number of carbonyl (C=O) groups is 2. The van der Waals surface area contributed by atoms with Gasteiger partial charge in [0, 0.05) is 11.4 Å². The zero-order valence-corrected chi connectivity index (χ0v) is 16.5. The lowest BCUT2D eigenvalue weighted by Crippen LogP contribution is -2.43. The van der Waals surface area contributed by atoms with E-state index in [9.17, 15) is 9.59 Å². The summed E-state index contributed by atoms with van der Waals surface area (Å²) in [5.41, 5.74) is 3.56. The Bertz CT molecular complexity index is 803. The largest absolute Gasteiger partial charge is 0.497 e. The molecule has 0 aliphatic heterocycles. The van der Waals surface area contributed by atoms with E-state index in [1.165, 1.54) is 0 Å². The van der Waals surface area contributed by atoms with Crippen LogP contribution in [0.5, 0.6) is 5.75 Å². The molecule has 0 saturated heterocycles. The van der Waals surface area contributed by atoms with Crippen molar-refractivity contribution in [2.45, 2.75) is 26.8 Å². The second-order valence-electron chi connectivity index (χ2n) is 6.68. The van der Waals surface area contributed by atoms with Gasteiger partial charge in [-0.15, -0.1) is 0 Å². The predicted molar refractivity (Wildman–Crippen MR) is 108 cm³/mol. The molecule has 27 heavy (non-hydrogen) atoms. The number of hydrogen-bond donors (Lipinski definition) is 2. The van der Waals surface area contributed by atoms with E-state index in [0.29, 0.717) is 5.69 Å². The molecule has 0 aliphatic carbocycles. The molecule has 1 atom stereocenters. The van der Waals surface area contributed by atoms with E-state index in [0.717, 1.165) is 22.6 Å². The number of hydrogen-bond acceptors (Lipinski definition) is 4. The van der Waals surface area contributed by atoms with E-state index in [-0.39, 0.29) is 18.4 Å². The van der Waals surface area contributed by atoms with Crippen LogP contribution in [0.15, 0.2) is 42.5 Å². The fourth-order valence-electron chi connectivity index (χ4n) is 2.55. The van der Waals surface area contributed by atoms with Crippen LogP contribution in [0.4, 0.5) is 11.4 Å². The summed E-state index contributed by atoms with van der Waals surface area (Å²) in [5.74, 6) is 0.388. The van der Waals surface area contributed by atoms with Gasteiger partial charge in [0.25, 0.3) is 0 Å². The van der Waals surface area contributed by atoms with Gasteiger partial charge in [-0.1, -0.05) is 12.1 Å². The first-order valence-electron chi connectivity index (χ1n) is 8.82. The number of likely N-dealkylation sites (N-methyl/N-ethyl adjacent to an activating group) is 1. The summed E-state index contributed by atoms with van der Waals surface area (Å²) in [5, 5.41) is 5.76. The van der Waals surface area contributed by atoms with Gasteiger partial charge in [-0.2, -0.15) is 0 Å². The van der Waals surface area contributed by atoms with Crippen LogP contribution in [0.3, 0.4) is 0 Å². The minimum Gasteiger partial charge on any atom is -0.497 e. The van der Waals surface area contributed by atoms with Gasteiger partial charge < -0.3 is 15.4 Å². The van der Waals surface area contributed by atoms with Crippen molar-refractivity contribution in [1.29, 1.82) is 0 Å². The van der Waals surface area contributed by atoms with Crippen molar-refractivity contribution in [2.75, 3.05) is 31.3 Å². The first-order valence-corrected chi connectivity index (χ1v) is 8.82. The smallest absolute Gasteiger partial charge is 0.241 e. The van der Waals surface area contributed by atoms with Crippen molar-refractivity contribution < 1.29 is 14.3 Å². The molecule has 0 fully saturated rings. The van der Waals surface area contributed by atoms with Gasteiger partial charge >= 0.3 is 0 Å².